The maximum atomic E-state index is 6.18. The molecule has 3 nitrogen and oxygen atoms in total. The molecule has 0 amide bonds. The van der Waals surface area contributed by atoms with E-state index in [0.717, 1.165) is 74.8 Å². The average molecular weight is 373 g/mol. The van der Waals surface area contributed by atoms with E-state index in [-0.39, 0.29) is 0 Å². The lowest BCUT2D eigenvalue weighted by atomic mass is 9.45. The number of rotatable bonds is 8. The Morgan fingerprint density at radius 2 is 1.85 bits per heavy atom. The van der Waals surface area contributed by atoms with E-state index in [1.807, 2.05) is 0 Å². The minimum Gasteiger partial charge on any atom is -0.376 e. The molecular weight excluding hydrogens is 334 g/mol. The summed E-state index contributed by atoms with van der Waals surface area (Å²) in [4.78, 5) is 0. The van der Waals surface area contributed by atoms with Gasteiger partial charge < -0.3 is 14.0 Å². The van der Waals surface area contributed by atoms with Crippen LogP contribution in [0, 0.1) is 23.2 Å². The summed E-state index contributed by atoms with van der Waals surface area (Å²) >= 11 is 0. The molecule has 1 unspecified atom stereocenters. The van der Waals surface area contributed by atoms with Gasteiger partial charge in [0.15, 0.2) is 0 Å². The largest absolute Gasteiger partial charge is 0.376 e. The number of hydrogen-bond donors (Lipinski definition) is 0. The molecule has 0 aromatic heterocycles. The standard InChI is InChI=1S/C24H38NO2/c1-24(2)22-9-8-21(23(24)18-22)10-14-26-15-11-25(12-16-27-17-13-25)19-20-6-4-3-5-7-20/h3-7,21-23H,8-19H2,1-2H3/q+1/t21?,22-,23+/m0/s1. The summed E-state index contributed by atoms with van der Waals surface area (Å²) in [6.45, 7) is 13.0. The second-order valence-corrected chi connectivity index (χ2v) is 9.87. The first-order valence-corrected chi connectivity index (χ1v) is 11.1. The summed E-state index contributed by atoms with van der Waals surface area (Å²) in [5, 5.41) is 0. The minimum atomic E-state index is 0.599. The first-order chi connectivity index (χ1) is 13.1. The van der Waals surface area contributed by atoms with Crippen molar-refractivity contribution in [1.82, 2.24) is 0 Å². The molecule has 1 heterocycles. The normalized spacial score (nSPS) is 31.3. The van der Waals surface area contributed by atoms with Gasteiger partial charge >= 0.3 is 0 Å². The SMILES string of the molecule is CC1(C)[C@H]2CCC(CCOCC[N+]3(Cc4ccccc4)CCOCC3)[C@H]1C2. The molecule has 0 radical (unpaired) electrons. The van der Waals surface area contributed by atoms with Crippen molar-refractivity contribution < 1.29 is 14.0 Å². The topological polar surface area (TPSA) is 18.5 Å². The maximum Gasteiger partial charge on any atom is 0.105 e. The highest BCUT2D eigenvalue weighted by Gasteiger charge is 2.53. The zero-order valence-electron chi connectivity index (χ0n) is 17.4. The maximum absolute atomic E-state index is 6.18. The van der Waals surface area contributed by atoms with E-state index in [1.54, 1.807) is 0 Å². The number of fused-ring (bicyclic) bond motifs is 2. The summed E-state index contributed by atoms with van der Waals surface area (Å²) in [7, 11) is 0. The quantitative estimate of drug-likeness (QED) is 0.494. The molecule has 1 aliphatic heterocycles. The summed E-state index contributed by atoms with van der Waals surface area (Å²) in [5.74, 6) is 2.86. The van der Waals surface area contributed by atoms with E-state index in [1.165, 1.54) is 31.2 Å². The van der Waals surface area contributed by atoms with Crippen molar-refractivity contribution in [2.75, 3.05) is 46.1 Å². The van der Waals surface area contributed by atoms with Crippen molar-refractivity contribution in [3.05, 3.63) is 35.9 Å². The van der Waals surface area contributed by atoms with Gasteiger partial charge in [-0.05, 0) is 48.9 Å². The van der Waals surface area contributed by atoms with Gasteiger partial charge in [-0.3, -0.25) is 0 Å². The predicted molar refractivity (Wildman–Crippen MR) is 109 cm³/mol. The van der Waals surface area contributed by atoms with Crippen molar-refractivity contribution in [1.29, 1.82) is 0 Å². The zero-order valence-corrected chi connectivity index (χ0v) is 17.4. The molecule has 4 fully saturated rings. The van der Waals surface area contributed by atoms with Gasteiger partial charge in [0.2, 0.25) is 0 Å². The molecule has 3 saturated carbocycles. The molecule has 0 N–H and O–H groups in total. The van der Waals surface area contributed by atoms with Gasteiger partial charge in [-0.2, -0.15) is 0 Å². The number of benzene rings is 1. The van der Waals surface area contributed by atoms with Gasteiger partial charge in [0.1, 0.15) is 26.2 Å². The van der Waals surface area contributed by atoms with Crippen molar-refractivity contribution in [3.63, 3.8) is 0 Å². The van der Waals surface area contributed by atoms with Gasteiger partial charge in [-0.15, -0.1) is 0 Å². The highest BCUT2D eigenvalue weighted by Crippen LogP contribution is 2.61. The van der Waals surface area contributed by atoms with Gasteiger partial charge in [-0.25, -0.2) is 0 Å². The number of hydrogen-bond acceptors (Lipinski definition) is 2. The Labute approximate surface area is 165 Å². The molecule has 1 saturated heterocycles. The number of morpholine rings is 1. The Bertz CT molecular complexity index is 592. The Hall–Kier alpha value is -0.900. The van der Waals surface area contributed by atoms with Crippen LogP contribution >= 0.6 is 0 Å². The monoisotopic (exact) mass is 372 g/mol. The second-order valence-electron chi connectivity index (χ2n) is 9.87. The van der Waals surface area contributed by atoms with Crippen LogP contribution in [0.1, 0.15) is 45.1 Å². The van der Waals surface area contributed by atoms with E-state index in [4.69, 9.17) is 9.47 Å². The molecular formula is C24H38NO2+. The fourth-order valence-corrected chi connectivity index (χ4v) is 6.06. The van der Waals surface area contributed by atoms with Crippen molar-refractivity contribution in [3.8, 4) is 0 Å². The van der Waals surface area contributed by atoms with Crippen LogP contribution in [0.4, 0.5) is 0 Å². The molecule has 3 heteroatoms. The fraction of sp³-hybridized carbons (Fsp3) is 0.750. The Balaban J connectivity index is 1.23. The van der Waals surface area contributed by atoms with Gasteiger partial charge in [0.05, 0.1) is 19.8 Å². The molecule has 3 atom stereocenters. The Kier molecular flexibility index (Phi) is 5.92. The smallest absolute Gasteiger partial charge is 0.105 e. The molecule has 1 aromatic rings. The molecule has 27 heavy (non-hydrogen) atoms. The van der Waals surface area contributed by atoms with Crippen LogP contribution in [0.5, 0.6) is 0 Å². The Morgan fingerprint density at radius 1 is 1.07 bits per heavy atom. The zero-order chi connectivity index (χ0) is 18.7. The molecule has 4 aliphatic rings. The van der Waals surface area contributed by atoms with Crippen LogP contribution in [0.15, 0.2) is 30.3 Å². The van der Waals surface area contributed by atoms with Gasteiger partial charge in [0, 0.05) is 12.2 Å². The van der Waals surface area contributed by atoms with Gasteiger partial charge in [0.25, 0.3) is 0 Å². The summed E-state index contributed by atoms with van der Waals surface area (Å²) in [5.41, 5.74) is 2.03. The van der Waals surface area contributed by atoms with Gasteiger partial charge in [-0.1, -0.05) is 44.2 Å². The van der Waals surface area contributed by atoms with Crippen molar-refractivity contribution in [2.24, 2.45) is 23.2 Å². The van der Waals surface area contributed by atoms with Crippen LogP contribution in [0.25, 0.3) is 0 Å². The second kappa shape index (κ2) is 8.23. The number of nitrogens with zero attached hydrogens (tertiary/aromatic N) is 1. The third kappa shape index (κ3) is 4.26. The first-order valence-electron chi connectivity index (χ1n) is 11.1. The lowest BCUT2D eigenvalue weighted by Gasteiger charge is -2.60. The van der Waals surface area contributed by atoms with E-state index >= 15 is 0 Å². The highest BCUT2D eigenvalue weighted by atomic mass is 16.5. The van der Waals surface area contributed by atoms with E-state index in [9.17, 15) is 0 Å². The minimum absolute atomic E-state index is 0.599. The van der Waals surface area contributed by atoms with Crippen LogP contribution in [-0.4, -0.2) is 50.5 Å². The summed E-state index contributed by atoms with van der Waals surface area (Å²) in [6, 6.07) is 10.9. The lowest BCUT2D eigenvalue weighted by Crippen LogP contribution is -2.55. The average Bonchev–Trinajstić information content (AvgIpc) is 2.69. The Morgan fingerprint density at radius 3 is 2.56 bits per heavy atom. The summed E-state index contributed by atoms with van der Waals surface area (Å²) in [6.07, 6.45) is 5.63. The molecule has 3 aliphatic carbocycles. The van der Waals surface area contributed by atoms with E-state index in [2.05, 4.69) is 44.2 Å². The molecule has 2 bridgehead atoms. The predicted octanol–water partition coefficient (Wildman–Crippen LogP) is 4.51. The van der Waals surface area contributed by atoms with Crippen LogP contribution in [0.2, 0.25) is 0 Å². The molecule has 150 valence electrons. The van der Waals surface area contributed by atoms with Crippen molar-refractivity contribution in [2.45, 2.75) is 46.1 Å². The van der Waals surface area contributed by atoms with Crippen LogP contribution in [-0.2, 0) is 16.0 Å². The van der Waals surface area contributed by atoms with Crippen LogP contribution < -0.4 is 0 Å². The first kappa shape index (κ1) is 19.4. The summed E-state index contributed by atoms with van der Waals surface area (Å²) < 4.78 is 12.9. The van der Waals surface area contributed by atoms with Crippen LogP contribution in [0.3, 0.4) is 0 Å². The number of quaternary nitrogens is 1. The van der Waals surface area contributed by atoms with E-state index in [0.29, 0.717) is 5.41 Å². The molecule has 0 spiro atoms. The third-order valence-corrected chi connectivity index (χ3v) is 8.12. The molecule has 1 aromatic carbocycles. The van der Waals surface area contributed by atoms with E-state index < -0.39 is 0 Å². The highest BCUT2D eigenvalue weighted by molar-refractivity contribution is 5.13. The molecule has 5 rings (SSSR count). The number of ether oxygens (including phenoxy) is 2. The third-order valence-electron chi connectivity index (χ3n) is 8.12. The lowest BCUT2D eigenvalue weighted by molar-refractivity contribution is -0.947. The fourth-order valence-electron chi connectivity index (χ4n) is 6.06. The van der Waals surface area contributed by atoms with Crippen molar-refractivity contribution >= 4 is 0 Å².